The molecule has 0 bridgehead atoms. The quantitative estimate of drug-likeness (QED) is 0.186. The van der Waals surface area contributed by atoms with Gasteiger partial charge in [0, 0.05) is 43.3 Å². The Morgan fingerprint density at radius 1 is 0.955 bits per heavy atom. The fraction of sp³-hybridized carbons (Fsp3) is 0.472. The standard InChI is InChI=1S/C36H48N2O6/c1-27(2)38(36(39)18-22-40-3)31-11-7-9-28(23-31)25-44-35-24-37-19-17-33(35)29-13-15-32(16-14-29)43-21-8-20-42-26-30-10-5-6-12-34(30)41-4/h5-7,9-16,23,27,33,35,37H,8,17-22,24-26H2,1-4H3/t33-,35+/m1/s1. The van der Waals surface area contributed by atoms with Gasteiger partial charge in [0.05, 0.1) is 52.7 Å². The number of rotatable bonds is 17. The first-order chi connectivity index (χ1) is 21.5. The number of nitrogens with zero attached hydrogens (tertiary/aromatic N) is 1. The second kappa shape index (κ2) is 17.8. The highest BCUT2D eigenvalue weighted by Gasteiger charge is 2.27. The molecule has 3 aromatic rings. The van der Waals surface area contributed by atoms with Gasteiger partial charge in [0.1, 0.15) is 11.5 Å². The van der Waals surface area contributed by atoms with Crippen LogP contribution in [0.5, 0.6) is 11.5 Å². The molecule has 44 heavy (non-hydrogen) atoms. The molecule has 8 nitrogen and oxygen atoms in total. The molecule has 1 amide bonds. The number of nitrogens with one attached hydrogen (secondary N) is 1. The Kier molecular flexibility index (Phi) is 13.5. The normalized spacial score (nSPS) is 16.6. The van der Waals surface area contributed by atoms with Crippen molar-refractivity contribution in [2.24, 2.45) is 0 Å². The van der Waals surface area contributed by atoms with E-state index >= 15 is 0 Å². The minimum Gasteiger partial charge on any atom is -0.496 e. The molecular weight excluding hydrogens is 556 g/mol. The summed E-state index contributed by atoms with van der Waals surface area (Å²) in [5, 5.41) is 3.49. The average molecular weight is 605 g/mol. The van der Waals surface area contributed by atoms with E-state index in [4.69, 9.17) is 23.7 Å². The number of piperidine rings is 1. The van der Waals surface area contributed by atoms with E-state index in [0.717, 1.165) is 54.2 Å². The number of anilines is 1. The largest absolute Gasteiger partial charge is 0.496 e. The van der Waals surface area contributed by atoms with Crippen molar-refractivity contribution < 1.29 is 28.5 Å². The third kappa shape index (κ3) is 9.79. The topological polar surface area (TPSA) is 78.5 Å². The first kappa shape index (κ1) is 33.5. The van der Waals surface area contributed by atoms with Gasteiger partial charge < -0.3 is 33.9 Å². The zero-order valence-corrected chi connectivity index (χ0v) is 26.6. The Balaban J connectivity index is 1.26. The number of para-hydroxylation sites is 1. The maximum absolute atomic E-state index is 12.8. The SMILES string of the molecule is COCCC(=O)N(c1cccc(CO[C@H]2CNCC[C@@H]2c2ccc(OCCCOCc3ccccc3OC)cc2)c1)C(C)C. The van der Waals surface area contributed by atoms with Crippen molar-refractivity contribution in [3.63, 3.8) is 0 Å². The van der Waals surface area contributed by atoms with Crippen LogP contribution in [-0.2, 0) is 32.2 Å². The molecule has 1 saturated heterocycles. The van der Waals surface area contributed by atoms with Crippen LogP contribution in [0.2, 0.25) is 0 Å². The van der Waals surface area contributed by atoms with E-state index in [1.165, 1.54) is 5.56 Å². The van der Waals surface area contributed by atoms with Crippen molar-refractivity contribution >= 4 is 11.6 Å². The smallest absolute Gasteiger partial charge is 0.229 e. The lowest BCUT2D eigenvalue weighted by molar-refractivity contribution is -0.119. The van der Waals surface area contributed by atoms with E-state index in [0.29, 0.717) is 45.4 Å². The molecule has 8 heteroatoms. The number of hydrogen-bond acceptors (Lipinski definition) is 7. The van der Waals surface area contributed by atoms with Crippen molar-refractivity contribution in [1.82, 2.24) is 5.32 Å². The summed E-state index contributed by atoms with van der Waals surface area (Å²) in [4.78, 5) is 14.7. The first-order valence-electron chi connectivity index (χ1n) is 15.6. The molecule has 0 saturated carbocycles. The lowest BCUT2D eigenvalue weighted by atomic mass is 9.87. The molecule has 1 aliphatic rings. The zero-order chi connectivity index (χ0) is 31.1. The highest BCUT2D eigenvalue weighted by Crippen LogP contribution is 2.30. The van der Waals surface area contributed by atoms with Crippen LogP contribution in [0, 0.1) is 0 Å². The number of carbonyl (C=O) groups excluding carboxylic acids is 1. The minimum atomic E-state index is 0.0455. The zero-order valence-electron chi connectivity index (χ0n) is 26.6. The fourth-order valence-corrected chi connectivity index (χ4v) is 5.59. The van der Waals surface area contributed by atoms with Gasteiger partial charge >= 0.3 is 0 Å². The highest BCUT2D eigenvalue weighted by atomic mass is 16.5. The van der Waals surface area contributed by atoms with Crippen LogP contribution < -0.4 is 19.7 Å². The third-order valence-electron chi connectivity index (χ3n) is 7.84. The lowest BCUT2D eigenvalue weighted by Gasteiger charge is -2.33. The molecule has 1 fully saturated rings. The molecule has 2 atom stereocenters. The summed E-state index contributed by atoms with van der Waals surface area (Å²) in [7, 11) is 3.29. The molecule has 0 spiro atoms. The van der Waals surface area contributed by atoms with Crippen LogP contribution in [0.1, 0.15) is 55.7 Å². The Hall–Kier alpha value is -3.43. The van der Waals surface area contributed by atoms with Crippen LogP contribution in [0.3, 0.4) is 0 Å². The second-order valence-electron chi connectivity index (χ2n) is 11.4. The van der Waals surface area contributed by atoms with E-state index in [9.17, 15) is 4.79 Å². The maximum atomic E-state index is 12.8. The van der Waals surface area contributed by atoms with Crippen LogP contribution in [0.15, 0.2) is 72.8 Å². The van der Waals surface area contributed by atoms with Crippen LogP contribution >= 0.6 is 0 Å². The van der Waals surface area contributed by atoms with Gasteiger partial charge in [0.2, 0.25) is 5.91 Å². The molecule has 3 aromatic carbocycles. The molecule has 238 valence electrons. The summed E-state index contributed by atoms with van der Waals surface area (Å²) in [6.45, 7) is 8.44. The minimum absolute atomic E-state index is 0.0455. The Bertz CT molecular complexity index is 1280. The van der Waals surface area contributed by atoms with Gasteiger partial charge in [-0.25, -0.2) is 0 Å². The van der Waals surface area contributed by atoms with Crippen molar-refractivity contribution in [2.75, 3.05) is 52.0 Å². The maximum Gasteiger partial charge on any atom is 0.229 e. The van der Waals surface area contributed by atoms with Gasteiger partial charge in [0.25, 0.3) is 0 Å². The Morgan fingerprint density at radius 3 is 2.55 bits per heavy atom. The van der Waals surface area contributed by atoms with E-state index in [-0.39, 0.29) is 18.1 Å². The van der Waals surface area contributed by atoms with Gasteiger partial charge in [-0.15, -0.1) is 0 Å². The highest BCUT2D eigenvalue weighted by molar-refractivity contribution is 5.94. The van der Waals surface area contributed by atoms with Gasteiger partial charge in [-0.2, -0.15) is 0 Å². The van der Waals surface area contributed by atoms with Gasteiger partial charge in [-0.1, -0.05) is 42.5 Å². The summed E-state index contributed by atoms with van der Waals surface area (Å²) >= 11 is 0. The van der Waals surface area contributed by atoms with Crippen molar-refractivity contribution in [3.05, 3.63) is 89.5 Å². The monoisotopic (exact) mass is 604 g/mol. The molecular formula is C36H48N2O6. The molecule has 0 aliphatic carbocycles. The summed E-state index contributed by atoms with van der Waals surface area (Å²) in [6.07, 6.45) is 2.21. The predicted molar refractivity (Wildman–Crippen MR) is 174 cm³/mol. The molecule has 1 aliphatic heterocycles. The first-order valence-corrected chi connectivity index (χ1v) is 15.6. The lowest BCUT2D eigenvalue weighted by Crippen LogP contribution is -2.41. The number of benzene rings is 3. The number of hydrogen-bond donors (Lipinski definition) is 1. The summed E-state index contributed by atoms with van der Waals surface area (Å²) in [5.41, 5.74) is 4.24. The molecule has 1 heterocycles. The number of amides is 1. The van der Waals surface area contributed by atoms with Gasteiger partial charge in [0.15, 0.2) is 0 Å². The van der Waals surface area contributed by atoms with E-state index in [2.05, 4.69) is 41.7 Å². The number of methoxy groups -OCH3 is 2. The number of carbonyl (C=O) groups is 1. The molecule has 0 unspecified atom stereocenters. The van der Waals surface area contributed by atoms with Crippen LogP contribution in [0.25, 0.3) is 0 Å². The summed E-state index contributed by atoms with van der Waals surface area (Å²) in [6, 6.07) is 24.5. The summed E-state index contributed by atoms with van der Waals surface area (Å²) < 4.78 is 28.8. The van der Waals surface area contributed by atoms with Crippen molar-refractivity contribution in [1.29, 1.82) is 0 Å². The third-order valence-corrected chi connectivity index (χ3v) is 7.84. The van der Waals surface area contributed by atoms with Gasteiger partial charge in [-0.3, -0.25) is 4.79 Å². The number of ether oxygens (including phenoxy) is 5. The molecule has 1 N–H and O–H groups in total. The predicted octanol–water partition coefficient (Wildman–Crippen LogP) is 6.12. The fourth-order valence-electron chi connectivity index (χ4n) is 5.59. The molecule has 0 radical (unpaired) electrons. The van der Waals surface area contributed by atoms with E-state index < -0.39 is 0 Å². The van der Waals surface area contributed by atoms with Gasteiger partial charge in [-0.05, 0) is 68.3 Å². The van der Waals surface area contributed by atoms with E-state index in [1.807, 2.05) is 55.1 Å². The van der Waals surface area contributed by atoms with Crippen LogP contribution in [-0.4, -0.2) is 65.2 Å². The van der Waals surface area contributed by atoms with Crippen molar-refractivity contribution in [3.8, 4) is 11.5 Å². The molecule has 4 rings (SSSR count). The Labute approximate surface area is 262 Å². The van der Waals surface area contributed by atoms with Crippen LogP contribution in [0.4, 0.5) is 5.69 Å². The van der Waals surface area contributed by atoms with Crippen molar-refractivity contribution in [2.45, 2.75) is 64.4 Å². The molecule has 0 aromatic heterocycles. The Morgan fingerprint density at radius 2 is 1.77 bits per heavy atom. The summed E-state index contributed by atoms with van der Waals surface area (Å²) in [5.74, 6) is 2.05. The van der Waals surface area contributed by atoms with E-state index in [1.54, 1.807) is 14.2 Å². The average Bonchev–Trinajstić information content (AvgIpc) is 3.05. The second-order valence-corrected chi connectivity index (χ2v) is 11.4.